The number of nitrogens with zero attached hydrogens (tertiary/aromatic N) is 1. The van der Waals surface area contributed by atoms with E-state index in [-0.39, 0.29) is 12.1 Å². The van der Waals surface area contributed by atoms with Crippen LogP contribution in [-0.4, -0.2) is 40.8 Å². The molecule has 1 atom stereocenters. The van der Waals surface area contributed by atoms with Gasteiger partial charge in [0.25, 0.3) is 0 Å². The Hall–Kier alpha value is -2.45. The lowest BCUT2D eigenvalue weighted by molar-refractivity contribution is -0.117. The van der Waals surface area contributed by atoms with Gasteiger partial charge >= 0.3 is 0 Å². The van der Waals surface area contributed by atoms with E-state index >= 15 is 0 Å². The smallest absolute Gasteiger partial charge is 0.248 e. The summed E-state index contributed by atoms with van der Waals surface area (Å²) in [6.07, 6.45) is 1.26. The minimum absolute atomic E-state index is 0.195. The lowest BCUT2D eigenvalue weighted by Crippen LogP contribution is -2.47. The number of rotatable bonds is 8. The van der Waals surface area contributed by atoms with Crippen LogP contribution in [0.5, 0.6) is 11.5 Å². The maximum absolute atomic E-state index is 13.1. The largest absolute Gasteiger partial charge is 0.495 e. The highest BCUT2D eigenvalue weighted by Gasteiger charge is 2.34. The van der Waals surface area contributed by atoms with Gasteiger partial charge in [-0.2, -0.15) is 0 Å². The van der Waals surface area contributed by atoms with Crippen LogP contribution < -0.4 is 19.1 Å². The summed E-state index contributed by atoms with van der Waals surface area (Å²) in [6, 6.07) is 8.93. The molecule has 0 aliphatic rings. The number of methoxy groups -OCH3 is 2. The molecule has 0 saturated heterocycles. The number of anilines is 2. The molecule has 2 aromatic rings. The Morgan fingerprint density at radius 3 is 2.31 bits per heavy atom. The van der Waals surface area contributed by atoms with Crippen molar-refractivity contribution in [3.05, 3.63) is 47.0 Å². The minimum atomic E-state index is -3.84. The number of hydrogen-bond acceptors (Lipinski definition) is 5. The zero-order chi connectivity index (χ0) is 21.8. The van der Waals surface area contributed by atoms with Crippen molar-refractivity contribution in [1.29, 1.82) is 0 Å². The summed E-state index contributed by atoms with van der Waals surface area (Å²) in [7, 11) is -0.917. The van der Waals surface area contributed by atoms with Gasteiger partial charge in [-0.05, 0) is 49.2 Å². The van der Waals surface area contributed by atoms with Crippen LogP contribution in [0, 0.1) is 6.92 Å². The van der Waals surface area contributed by atoms with Gasteiger partial charge in [-0.3, -0.25) is 9.10 Å². The van der Waals surface area contributed by atoms with Crippen molar-refractivity contribution in [2.75, 3.05) is 30.1 Å². The number of carbonyl (C=O) groups is 1. The number of halogens is 1. The number of benzene rings is 2. The van der Waals surface area contributed by atoms with Gasteiger partial charge < -0.3 is 14.8 Å². The van der Waals surface area contributed by atoms with E-state index in [0.717, 1.165) is 16.1 Å². The van der Waals surface area contributed by atoms with Gasteiger partial charge in [0, 0.05) is 5.02 Å². The molecule has 2 aromatic carbocycles. The molecule has 1 N–H and O–H groups in total. The molecule has 0 heterocycles. The molecule has 1 amide bonds. The first-order chi connectivity index (χ1) is 13.6. The van der Waals surface area contributed by atoms with Gasteiger partial charge in [0.15, 0.2) is 0 Å². The Morgan fingerprint density at radius 2 is 1.76 bits per heavy atom. The second-order valence-electron chi connectivity index (χ2n) is 6.49. The van der Waals surface area contributed by atoms with Crippen LogP contribution in [0.2, 0.25) is 5.02 Å². The molecule has 29 heavy (non-hydrogen) atoms. The van der Waals surface area contributed by atoms with E-state index in [2.05, 4.69) is 5.32 Å². The van der Waals surface area contributed by atoms with E-state index in [9.17, 15) is 13.2 Å². The Labute approximate surface area is 176 Å². The van der Waals surface area contributed by atoms with E-state index in [0.29, 0.717) is 22.2 Å². The highest BCUT2D eigenvalue weighted by Crippen LogP contribution is 2.35. The molecule has 158 valence electrons. The number of hydrogen-bond donors (Lipinski definition) is 1. The fraction of sp³-hybridized carbons (Fsp3) is 0.350. The summed E-state index contributed by atoms with van der Waals surface area (Å²) in [6.45, 7) is 3.61. The van der Waals surface area contributed by atoms with Crippen LogP contribution in [0.15, 0.2) is 36.4 Å². The van der Waals surface area contributed by atoms with Gasteiger partial charge in [-0.1, -0.05) is 24.6 Å². The van der Waals surface area contributed by atoms with Gasteiger partial charge in [-0.25, -0.2) is 8.42 Å². The number of aryl methyl sites for hydroxylation is 1. The predicted octanol–water partition coefficient (Wildman–Crippen LogP) is 3.85. The van der Waals surface area contributed by atoms with E-state index in [1.165, 1.54) is 20.3 Å². The van der Waals surface area contributed by atoms with Crippen LogP contribution in [0.4, 0.5) is 11.4 Å². The highest BCUT2D eigenvalue weighted by atomic mass is 35.5. The molecular weight excluding hydrogens is 416 g/mol. The Balaban J connectivity index is 2.52. The Kier molecular flexibility index (Phi) is 7.37. The summed E-state index contributed by atoms with van der Waals surface area (Å²) in [5.41, 5.74) is 1.58. The lowest BCUT2D eigenvalue weighted by atomic mass is 10.1. The lowest BCUT2D eigenvalue weighted by Gasteiger charge is -2.31. The van der Waals surface area contributed by atoms with Gasteiger partial charge in [0.1, 0.15) is 17.5 Å². The average molecular weight is 441 g/mol. The van der Waals surface area contributed by atoms with Crippen molar-refractivity contribution in [3.8, 4) is 11.5 Å². The first-order valence-electron chi connectivity index (χ1n) is 8.90. The minimum Gasteiger partial charge on any atom is -0.495 e. The quantitative estimate of drug-likeness (QED) is 0.673. The third-order valence-electron chi connectivity index (χ3n) is 4.32. The number of amides is 1. The zero-order valence-electron chi connectivity index (χ0n) is 17.0. The molecule has 0 radical (unpaired) electrons. The molecule has 0 saturated carbocycles. The normalized spacial score (nSPS) is 12.2. The summed E-state index contributed by atoms with van der Waals surface area (Å²) in [5.74, 6) is 0.271. The Morgan fingerprint density at radius 1 is 1.14 bits per heavy atom. The van der Waals surface area contributed by atoms with E-state index < -0.39 is 22.0 Å². The van der Waals surface area contributed by atoms with Crippen molar-refractivity contribution >= 4 is 38.9 Å². The van der Waals surface area contributed by atoms with Crippen molar-refractivity contribution < 1.29 is 22.7 Å². The second-order valence-corrected chi connectivity index (χ2v) is 8.79. The molecule has 0 aliphatic carbocycles. The Bertz CT molecular complexity index is 994. The fourth-order valence-electron chi connectivity index (χ4n) is 3.01. The van der Waals surface area contributed by atoms with Crippen molar-refractivity contribution in [3.63, 3.8) is 0 Å². The molecule has 1 unspecified atom stereocenters. The van der Waals surface area contributed by atoms with E-state index in [1.807, 2.05) is 13.0 Å². The molecule has 0 aromatic heterocycles. The monoisotopic (exact) mass is 440 g/mol. The fourth-order valence-corrected chi connectivity index (χ4v) is 4.38. The van der Waals surface area contributed by atoms with Crippen LogP contribution in [-0.2, 0) is 14.8 Å². The zero-order valence-corrected chi connectivity index (χ0v) is 18.6. The van der Waals surface area contributed by atoms with Crippen LogP contribution in [0.3, 0.4) is 0 Å². The summed E-state index contributed by atoms with van der Waals surface area (Å²) in [4.78, 5) is 13.1. The van der Waals surface area contributed by atoms with Crippen LogP contribution in [0.25, 0.3) is 0 Å². The first-order valence-corrected chi connectivity index (χ1v) is 11.1. The standard InChI is InChI=1S/C20H25ClN2O5S/c1-6-16(20(24)22-15-11-13(2)7-9-18(15)27-3)23(29(5,25)26)17-12-14(21)8-10-19(17)28-4/h7-12,16H,6H2,1-5H3,(H,22,24). The predicted molar refractivity (Wildman–Crippen MR) is 116 cm³/mol. The molecular formula is C20H25ClN2O5S. The summed E-state index contributed by atoms with van der Waals surface area (Å²) >= 11 is 6.09. The van der Waals surface area contributed by atoms with Gasteiger partial charge in [0.05, 0.1) is 31.9 Å². The molecule has 7 nitrogen and oxygen atoms in total. The maximum Gasteiger partial charge on any atom is 0.248 e. The molecule has 0 spiro atoms. The van der Waals surface area contributed by atoms with E-state index in [1.54, 1.807) is 31.2 Å². The van der Waals surface area contributed by atoms with Crippen molar-refractivity contribution in [2.45, 2.75) is 26.3 Å². The maximum atomic E-state index is 13.1. The number of ether oxygens (including phenoxy) is 2. The average Bonchev–Trinajstić information content (AvgIpc) is 2.65. The number of sulfonamides is 1. The van der Waals surface area contributed by atoms with Crippen molar-refractivity contribution in [2.24, 2.45) is 0 Å². The van der Waals surface area contributed by atoms with Gasteiger partial charge in [-0.15, -0.1) is 0 Å². The third-order valence-corrected chi connectivity index (χ3v) is 5.72. The number of nitrogens with one attached hydrogen (secondary N) is 1. The molecule has 9 heteroatoms. The topological polar surface area (TPSA) is 84.9 Å². The summed E-state index contributed by atoms with van der Waals surface area (Å²) in [5, 5.41) is 3.11. The number of carbonyl (C=O) groups excluding carboxylic acids is 1. The second kappa shape index (κ2) is 9.37. The third kappa shape index (κ3) is 5.33. The molecule has 0 fully saturated rings. The van der Waals surface area contributed by atoms with Crippen LogP contribution in [0.1, 0.15) is 18.9 Å². The molecule has 0 bridgehead atoms. The van der Waals surface area contributed by atoms with E-state index in [4.69, 9.17) is 21.1 Å². The molecule has 0 aliphatic heterocycles. The SMILES string of the molecule is CCC(C(=O)Nc1cc(C)ccc1OC)N(c1cc(Cl)ccc1OC)S(C)(=O)=O. The molecule has 2 rings (SSSR count). The van der Waals surface area contributed by atoms with Crippen molar-refractivity contribution in [1.82, 2.24) is 0 Å². The highest BCUT2D eigenvalue weighted by molar-refractivity contribution is 7.92. The first kappa shape index (κ1) is 22.8. The van der Waals surface area contributed by atoms with Crippen LogP contribution >= 0.6 is 11.6 Å². The summed E-state index contributed by atoms with van der Waals surface area (Å²) < 4.78 is 37.0. The van der Waals surface area contributed by atoms with Gasteiger partial charge in [0.2, 0.25) is 15.9 Å².